The van der Waals surface area contributed by atoms with E-state index in [0.717, 1.165) is 13.0 Å². The van der Waals surface area contributed by atoms with E-state index in [0.29, 0.717) is 17.4 Å². The molecule has 2 N–H and O–H groups in total. The molecule has 0 saturated carbocycles. The summed E-state index contributed by atoms with van der Waals surface area (Å²) >= 11 is 0. The number of aromatic nitrogens is 2. The van der Waals surface area contributed by atoms with Gasteiger partial charge in [0, 0.05) is 13.7 Å². The SMILES string of the molecule is CC(C)Oc1ncnc(N(C)C2CCOC2C)c1N. The van der Waals surface area contributed by atoms with Crippen LogP contribution >= 0.6 is 0 Å². The lowest BCUT2D eigenvalue weighted by Crippen LogP contribution is -2.37. The molecule has 0 aromatic carbocycles. The van der Waals surface area contributed by atoms with Crippen molar-refractivity contribution in [1.29, 1.82) is 0 Å². The van der Waals surface area contributed by atoms with Gasteiger partial charge in [-0.25, -0.2) is 4.98 Å². The Hall–Kier alpha value is -1.56. The number of anilines is 2. The first-order valence-electron chi connectivity index (χ1n) is 6.62. The van der Waals surface area contributed by atoms with E-state index in [1.165, 1.54) is 6.33 Å². The lowest BCUT2D eigenvalue weighted by atomic mass is 10.1. The highest BCUT2D eigenvalue weighted by molar-refractivity contribution is 5.68. The van der Waals surface area contributed by atoms with Crippen molar-refractivity contribution in [1.82, 2.24) is 9.97 Å². The highest BCUT2D eigenvalue weighted by Crippen LogP contribution is 2.31. The van der Waals surface area contributed by atoms with Gasteiger partial charge in [0.2, 0.25) is 5.88 Å². The quantitative estimate of drug-likeness (QED) is 0.889. The number of nitrogens with zero attached hydrogens (tertiary/aromatic N) is 3. The standard InChI is InChI=1S/C13H22N4O2/c1-8(2)19-13-11(14)12(15-7-16-13)17(4)10-5-6-18-9(10)3/h7-10H,5-6,14H2,1-4H3. The monoisotopic (exact) mass is 266 g/mol. The summed E-state index contributed by atoms with van der Waals surface area (Å²) in [6.07, 6.45) is 2.67. The molecule has 1 fully saturated rings. The van der Waals surface area contributed by atoms with Crippen molar-refractivity contribution in [2.75, 3.05) is 24.3 Å². The molecule has 0 radical (unpaired) electrons. The van der Waals surface area contributed by atoms with Gasteiger partial charge in [-0.3, -0.25) is 0 Å². The van der Waals surface area contributed by atoms with Gasteiger partial charge in [-0.1, -0.05) is 0 Å². The molecule has 19 heavy (non-hydrogen) atoms. The third-order valence-corrected chi connectivity index (χ3v) is 3.34. The molecule has 2 atom stereocenters. The van der Waals surface area contributed by atoms with Crippen molar-refractivity contribution < 1.29 is 9.47 Å². The Balaban J connectivity index is 2.24. The fourth-order valence-corrected chi connectivity index (χ4v) is 2.36. The first kappa shape index (κ1) is 13.9. The summed E-state index contributed by atoms with van der Waals surface area (Å²) in [4.78, 5) is 10.4. The van der Waals surface area contributed by atoms with Gasteiger partial charge < -0.3 is 20.1 Å². The summed E-state index contributed by atoms with van der Waals surface area (Å²) in [5.41, 5.74) is 6.60. The average Bonchev–Trinajstić information content (AvgIpc) is 2.77. The molecule has 1 aliphatic heterocycles. The van der Waals surface area contributed by atoms with Crippen LogP contribution in [0.3, 0.4) is 0 Å². The van der Waals surface area contributed by atoms with Crippen molar-refractivity contribution in [2.45, 2.75) is 45.4 Å². The molecule has 6 heteroatoms. The lowest BCUT2D eigenvalue weighted by Gasteiger charge is -2.28. The smallest absolute Gasteiger partial charge is 0.242 e. The van der Waals surface area contributed by atoms with Crippen molar-refractivity contribution in [3.05, 3.63) is 6.33 Å². The molecule has 0 spiro atoms. The van der Waals surface area contributed by atoms with Crippen LogP contribution in [0, 0.1) is 0 Å². The third-order valence-electron chi connectivity index (χ3n) is 3.34. The van der Waals surface area contributed by atoms with Gasteiger partial charge in [-0.2, -0.15) is 4.98 Å². The number of hydrogen-bond acceptors (Lipinski definition) is 6. The van der Waals surface area contributed by atoms with Crippen LogP contribution in [0.4, 0.5) is 11.5 Å². The van der Waals surface area contributed by atoms with E-state index in [1.54, 1.807) is 0 Å². The van der Waals surface area contributed by atoms with Crippen LogP contribution in [-0.2, 0) is 4.74 Å². The van der Waals surface area contributed by atoms with E-state index in [-0.39, 0.29) is 18.2 Å². The van der Waals surface area contributed by atoms with Crippen molar-refractivity contribution in [2.24, 2.45) is 0 Å². The molecule has 1 aromatic rings. The molecule has 106 valence electrons. The minimum Gasteiger partial charge on any atom is -0.473 e. The summed E-state index contributed by atoms with van der Waals surface area (Å²) in [5, 5.41) is 0. The highest BCUT2D eigenvalue weighted by Gasteiger charge is 2.30. The van der Waals surface area contributed by atoms with Crippen molar-refractivity contribution in [3.8, 4) is 5.88 Å². The minimum atomic E-state index is 0.0316. The zero-order valence-electron chi connectivity index (χ0n) is 12.0. The number of likely N-dealkylation sites (N-methyl/N-ethyl adjacent to an activating group) is 1. The Morgan fingerprint density at radius 3 is 2.79 bits per heavy atom. The second kappa shape index (κ2) is 5.61. The van der Waals surface area contributed by atoms with Crippen molar-refractivity contribution in [3.63, 3.8) is 0 Å². The average molecular weight is 266 g/mol. The van der Waals surface area contributed by atoms with Crippen LogP contribution < -0.4 is 15.4 Å². The van der Waals surface area contributed by atoms with Gasteiger partial charge in [0.05, 0.1) is 18.2 Å². The molecule has 6 nitrogen and oxygen atoms in total. The zero-order valence-corrected chi connectivity index (χ0v) is 12.0. The van der Waals surface area contributed by atoms with Crippen LogP contribution in [0.25, 0.3) is 0 Å². The van der Waals surface area contributed by atoms with E-state index < -0.39 is 0 Å². The maximum Gasteiger partial charge on any atom is 0.242 e. The molecule has 0 aliphatic carbocycles. The Bertz CT molecular complexity index is 439. The maximum atomic E-state index is 6.11. The van der Waals surface area contributed by atoms with Gasteiger partial charge in [0.15, 0.2) is 5.82 Å². The van der Waals surface area contributed by atoms with Gasteiger partial charge >= 0.3 is 0 Å². The van der Waals surface area contributed by atoms with Crippen LogP contribution in [0.2, 0.25) is 0 Å². The second-order valence-electron chi connectivity index (χ2n) is 5.13. The van der Waals surface area contributed by atoms with E-state index in [2.05, 4.69) is 21.8 Å². The molecular formula is C13H22N4O2. The van der Waals surface area contributed by atoms with Gasteiger partial charge in [0.1, 0.15) is 12.0 Å². The Labute approximate surface area is 113 Å². The van der Waals surface area contributed by atoms with Crippen LogP contribution in [0.15, 0.2) is 6.33 Å². The summed E-state index contributed by atoms with van der Waals surface area (Å²) in [5.74, 6) is 1.14. The topological polar surface area (TPSA) is 73.5 Å². The molecule has 1 saturated heterocycles. The molecule has 0 bridgehead atoms. The largest absolute Gasteiger partial charge is 0.473 e. The molecule has 2 unspecified atom stereocenters. The Morgan fingerprint density at radius 1 is 1.47 bits per heavy atom. The number of rotatable bonds is 4. The Kier molecular flexibility index (Phi) is 4.09. The molecular weight excluding hydrogens is 244 g/mol. The molecule has 1 aromatic heterocycles. The van der Waals surface area contributed by atoms with Gasteiger partial charge in [-0.15, -0.1) is 0 Å². The van der Waals surface area contributed by atoms with Crippen LogP contribution in [0.1, 0.15) is 27.2 Å². The summed E-state index contributed by atoms with van der Waals surface area (Å²) in [7, 11) is 1.98. The van der Waals surface area contributed by atoms with E-state index in [4.69, 9.17) is 15.2 Å². The van der Waals surface area contributed by atoms with Gasteiger partial charge in [0.25, 0.3) is 0 Å². The fourth-order valence-electron chi connectivity index (χ4n) is 2.36. The summed E-state index contributed by atoms with van der Waals surface area (Å²) < 4.78 is 11.2. The molecule has 1 aliphatic rings. The molecule has 0 amide bonds. The number of hydrogen-bond donors (Lipinski definition) is 1. The first-order valence-corrected chi connectivity index (χ1v) is 6.62. The second-order valence-corrected chi connectivity index (χ2v) is 5.13. The van der Waals surface area contributed by atoms with Crippen LogP contribution in [-0.4, -0.2) is 41.9 Å². The molecule has 2 rings (SSSR count). The fraction of sp³-hybridized carbons (Fsp3) is 0.692. The lowest BCUT2D eigenvalue weighted by molar-refractivity contribution is 0.118. The summed E-state index contributed by atoms with van der Waals surface area (Å²) in [6.45, 7) is 6.73. The van der Waals surface area contributed by atoms with E-state index in [9.17, 15) is 0 Å². The van der Waals surface area contributed by atoms with E-state index in [1.807, 2.05) is 20.9 Å². The maximum absolute atomic E-state index is 6.11. The minimum absolute atomic E-state index is 0.0316. The zero-order chi connectivity index (χ0) is 14.0. The van der Waals surface area contributed by atoms with Crippen molar-refractivity contribution >= 4 is 11.5 Å². The third kappa shape index (κ3) is 2.89. The number of nitrogens with two attached hydrogens (primary N) is 1. The van der Waals surface area contributed by atoms with Gasteiger partial charge in [-0.05, 0) is 27.2 Å². The predicted octanol–water partition coefficient (Wildman–Crippen LogP) is 1.46. The normalized spacial score (nSPS) is 22.8. The Morgan fingerprint density at radius 2 is 2.21 bits per heavy atom. The van der Waals surface area contributed by atoms with Crippen LogP contribution in [0.5, 0.6) is 5.88 Å². The molecule has 2 heterocycles. The predicted molar refractivity (Wildman–Crippen MR) is 74.4 cm³/mol. The van der Waals surface area contributed by atoms with E-state index >= 15 is 0 Å². The first-order chi connectivity index (χ1) is 9.00. The number of nitrogen functional groups attached to an aromatic ring is 1. The highest BCUT2D eigenvalue weighted by atomic mass is 16.5. The number of ether oxygens (including phenoxy) is 2. The summed E-state index contributed by atoms with van der Waals surface area (Å²) in [6, 6.07) is 0.282.